The van der Waals surface area contributed by atoms with Crippen LogP contribution in [0.5, 0.6) is 0 Å². The molecule has 6 unspecified atom stereocenters. The number of primary amides is 1. The molecule has 0 aromatic heterocycles. The van der Waals surface area contributed by atoms with Gasteiger partial charge < -0.3 is 21.3 Å². The number of hydrogen-bond donors (Lipinski definition) is 3. The lowest BCUT2D eigenvalue weighted by molar-refractivity contribution is -0.153. The number of nitrogens with one attached hydrogen (secondary N) is 2. The summed E-state index contributed by atoms with van der Waals surface area (Å²) in [6.45, 7) is 3.26. The van der Waals surface area contributed by atoms with Crippen LogP contribution in [0.1, 0.15) is 69.4 Å². The molecule has 1 aromatic rings. The first kappa shape index (κ1) is 27.1. The second-order valence-corrected chi connectivity index (χ2v) is 12.0. The van der Waals surface area contributed by atoms with Crippen molar-refractivity contribution in [2.75, 3.05) is 20.1 Å². The molecule has 4 aliphatic rings. The second kappa shape index (κ2) is 11.7. The van der Waals surface area contributed by atoms with Gasteiger partial charge in [-0.2, -0.15) is 0 Å². The Labute approximate surface area is 227 Å². The van der Waals surface area contributed by atoms with Crippen molar-refractivity contribution in [1.82, 2.24) is 20.4 Å². The van der Waals surface area contributed by atoms with Gasteiger partial charge in [-0.1, -0.05) is 43.5 Å². The van der Waals surface area contributed by atoms with E-state index in [4.69, 9.17) is 5.73 Å². The fourth-order valence-corrected chi connectivity index (χ4v) is 7.68. The molecule has 3 amide bonds. The minimum Gasteiger partial charge on any atom is -0.368 e. The van der Waals surface area contributed by atoms with Crippen molar-refractivity contribution < 1.29 is 14.4 Å². The van der Waals surface area contributed by atoms with Crippen molar-refractivity contribution in [2.24, 2.45) is 17.6 Å². The maximum absolute atomic E-state index is 14.4. The van der Waals surface area contributed by atoms with Crippen molar-refractivity contribution in [1.29, 1.82) is 0 Å². The number of carbonyl (C=O) groups is 3. The topological polar surface area (TPSA) is 108 Å². The van der Waals surface area contributed by atoms with Gasteiger partial charge in [0, 0.05) is 18.6 Å². The van der Waals surface area contributed by atoms with Crippen LogP contribution in [-0.4, -0.2) is 77.9 Å². The first-order valence-corrected chi connectivity index (χ1v) is 14.8. The van der Waals surface area contributed by atoms with Gasteiger partial charge in [0.1, 0.15) is 12.1 Å². The largest absolute Gasteiger partial charge is 0.368 e. The van der Waals surface area contributed by atoms with Crippen LogP contribution in [-0.2, 0) is 27.2 Å². The van der Waals surface area contributed by atoms with E-state index in [-0.39, 0.29) is 35.7 Å². The SMILES string of the molecule is CNC(C)C(=O)NC(C(=O)N1CC2CCCN2C(C2CCc3ccccc3C2)C1C(N)=O)C1CCCCC1. The molecule has 1 aromatic carbocycles. The first-order valence-electron chi connectivity index (χ1n) is 14.8. The molecule has 8 heteroatoms. The van der Waals surface area contributed by atoms with Gasteiger partial charge in [-0.15, -0.1) is 0 Å². The van der Waals surface area contributed by atoms with E-state index in [1.807, 2.05) is 0 Å². The van der Waals surface area contributed by atoms with Gasteiger partial charge in [-0.05, 0) is 88.4 Å². The summed E-state index contributed by atoms with van der Waals surface area (Å²) in [6.07, 6.45) is 10.1. The molecule has 4 N–H and O–H groups in total. The molecule has 3 fully saturated rings. The summed E-state index contributed by atoms with van der Waals surface area (Å²) in [7, 11) is 1.75. The molecule has 2 aliphatic heterocycles. The fourth-order valence-electron chi connectivity index (χ4n) is 7.68. The molecule has 1 saturated carbocycles. The van der Waals surface area contributed by atoms with Gasteiger partial charge in [0.2, 0.25) is 17.7 Å². The number of piperazine rings is 1. The molecule has 8 nitrogen and oxygen atoms in total. The minimum absolute atomic E-state index is 0.0828. The highest BCUT2D eigenvalue weighted by atomic mass is 16.2. The maximum atomic E-state index is 14.4. The monoisotopic (exact) mass is 523 g/mol. The summed E-state index contributed by atoms with van der Waals surface area (Å²) in [5.74, 6) is -0.382. The fraction of sp³-hybridized carbons (Fsp3) is 0.700. The van der Waals surface area contributed by atoms with Crippen molar-refractivity contribution >= 4 is 17.7 Å². The Morgan fingerprint density at radius 3 is 2.45 bits per heavy atom. The molecule has 2 heterocycles. The van der Waals surface area contributed by atoms with E-state index in [0.29, 0.717) is 6.54 Å². The van der Waals surface area contributed by atoms with E-state index >= 15 is 0 Å². The average Bonchev–Trinajstić information content (AvgIpc) is 3.42. The average molecular weight is 524 g/mol. The van der Waals surface area contributed by atoms with Gasteiger partial charge in [-0.25, -0.2) is 0 Å². The van der Waals surface area contributed by atoms with E-state index in [0.717, 1.165) is 70.8 Å². The predicted molar refractivity (Wildman–Crippen MR) is 147 cm³/mol. The summed E-state index contributed by atoms with van der Waals surface area (Å²) in [5, 5.41) is 6.09. The van der Waals surface area contributed by atoms with E-state index in [1.54, 1.807) is 18.9 Å². The van der Waals surface area contributed by atoms with Gasteiger partial charge in [0.25, 0.3) is 0 Å². The van der Waals surface area contributed by atoms with E-state index in [2.05, 4.69) is 39.8 Å². The Balaban J connectivity index is 1.46. The highest BCUT2D eigenvalue weighted by Gasteiger charge is 2.52. The molecule has 38 heavy (non-hydrogen) atoms. The molecule has 0 bridgehead atoms. The van der Waals surface area contributed by atoms with Crippen LogP contribution in [0, 0.1) is 11.8 Å². The lowest BCUT2D eigenvalue weighted by Crippen LogP contribution is -2.71. The molecule has 5 rings (SSSR count). The quantitative estimate of drug-likeness (QED) is 0.507. The maximum Gasteiger partial charge on any atom is 0.246 e. The van der Waals surface area contributed by atoms with Crippen LogP contribution in [0.3, 0.4) is 0 Å². The highest BCUT2D eigenvalue weighted by Crippen LogP contribution is 2.39. The van der Waals surface area contributed by atoms with Gasteiger partial charge in [0.05, 0.1) is 6.04 Å². The number of likely N-dealkylation sites (N-methyl/N-ethyl adjacent to an activating group) is 1. The Morgan fingerprint density at radius 1 is 1.00 bits per heavy atom. The van der Waals surface area contributed by atoms with Crippen molar-refractivity contribution in [2.45, 2.75) is 101 Å². The number of aryl methyl sites for hydroxylation is 1. The Hall–Kier alpha value is -2.45. The summed E-state index contributed by atoms with van der Waals surface area (Å²) in [4.78, 5) is 45.0. The van der Waals surface area contributed by atoms with Gasteiger partial charge in [-0.3, -0.25) is 19.3 Å². The Bertz CT molecular complexity index is 1020. The van der Waals surface area contributed by atoms with Crippen molar-refractivity contribution in [3.63, 3.8) is 0 Å². The number of nitrogens with two attached hydrogens (primary N) is 1. The lowest BCUT2D eigenvalue weighted by atomic mass is 9.75. The normalized spacial score (nSPS) is 29.7. The number of nitrogens with zero attached hydrogens (tertiary/aromatic N) is 2. The van der Waals surface area contributed by atoms with Gasteiger partial charge >= 0.3 is 0 Å². The molecular formula is C30H45N5O3. The number of fused-ring (bicyclic) bond motifs is 2. The van der Waals surface area contributed by atoms with Crippen LogP contribution >= 0.6 is 0 Å². The van der Waals surface area contributed by atoms with Crippen LogP contribution in [0.25, 0.3) is 0 Å². The van der Waals surface area contributed by atoms with E-state index in [9.17, 15) is 14.4 Å². The molecular weight excluding hydrogens is 478 g/mol. The number of hydrogen-bond acceptors (Lipinski definition) is 5. The lowest BCUT2D eigenvalue weighted by Gasteiger charge is -2.52. The third-order valence-corrected chi connectivity index (χ3v) is 9.83. The Kier molecular flexibility index (Phi) is 8.38. The van der Waals surface area contributed by atoms with Crippen LogP contribution < -0.4 is 16.4 Å². The molecule has 2 aliphatic carbocycles. The number of benzene rings is 1. The first-order chi connectivity index (χ1) is 18.4. The third-order valence-electron chi connectivity index (χ3n) is 9.83. The molecule has 6 atom stereocenters. The standard InChI is InChI=1S/C30H45N5O3/c1-19(32-2)29(37)33-25(21-10-4-3-5-11-21)30(38)35-18-24-13-8-16-34(24)26(27(35)28(31)36)23-15-14-20-9-6-7-12-22(20)17-23/h6-7,9,12,19,21,23-27,32H,3-5,8,10-11,13-18H2,1-2H3,(H2,31,36)(H,33,37). The van der Waals surface area contributed by atoms with Crippen LogP contribution in [0.15, 0.2) is 24.3 Å². The Morgan fingerprint density at radius 2 is 1.74 bits per heavy atom. The summed E-state index contributed by atoms with van der Waals surface area (Å²) < 4.78 is 0. The van der Waals surface area contributed by atoms with E-state index < -0.39 is 24.0 Å². The zero-order valence-electron chi connectivity index (χ0n) is 23.0. The van der Waals surface area contributed by atoms with Crippen LogP contribution in [0.4, 0.5) is 0 Å². The summed E-state index contributed by atoms with van der Waals surface area (Å²) >= 11 is 0. The van der Waals surface area contributed by atoms with Gasteiger partial charge in [0.15, 0.2) is 0 Å². The predicted octanol–water partition coefficient (Wildman–Crippen LogP) is 1.99. The van der Waals surface area contributed by atoms with E-state index in [1.165, 1.54) is 11.1 Å². The zero-order chi connectivity index (χ0) is 26.8. The van der Waals surface area contributed by atoms with Crippen LogP contribution in [0.2, 0.25) is 0 Å². The molecule has 0 radical (unpaired) electrons. The molecule has 0 spiro atoms. The zero-order valence-corrected chi connectivity index (χ0v) is 23.0. The number of amides is 3. The number of carbonyl (C=O) groups excluding carboxylic acids is 3. The summed E-state index contributed by atoms with van der Waals surface area (Å²) in [5.41, 5.74) is 8.90. The number of rotatable bonds is 7. The van der Waals surface area contributed by atoms with Crippen molar-refractivity contribution in [3.8, 4) is 0 Å². The minimum atomic E-state index is -0.683. The second-order valence-electron chi connectivity index (χ2n) is 12.0. The smallest absolute Gasteiger partial charge is 0.246 e. The molecule has 2 saturated heterocycles. The molecule has 208 valence electrons. The third kappa shape index (κ3) is 5.34. The highest BCUT2D eigenvalue weighted by molar-refractivity contribution is 5.93. The van der Waals surface area contributed by atoms with Crippen molar-refractivity contribution in [3.05, 3.63) is 35.4 Å². The summed E-state index contributed by atoms with van der Waals surface area (Å²) in [6, 6.07) is 7.02.